The zero-order valence-electron chi connectivity index (χ0n) is 22.7. The summed E-state index contributed by atoms with van der Waals surface area (Å²) in [5, 5.41) is 1.36. The van der Waals surface area contributed by atoms with E-state index < -0.39 is 0 Å². The molecular weight excluding hydrogens is 469 g/mol. The van der Waals surface area contributed by atoms with Crippen molar-refractivity contribution in [2.45, 2.75) is 59.2 Å². The van der Waals surface area contributed by atoms with Gasteiger partial charge in [0, 0.05) is 22.5 Å². The standard InChI is InChI=1S/C34H38NOP/c1-6-34(7-2,31-22-25(3)21-27(5)32(31)36-24-28-16-10-8-11-17-28)37-33-26(4)15-14-18-29(33)23-35-30-19-12-9-13-20-30/h8-23,37H,6-7,24H2,1-5H3. The van der Waals surface area contributed by atoms with Crippen molar-refractivity contribution in [2.75, 3.05) is 0 Å². The molecule has 0 aromatic heterocycles. The summed E-state index contributed by atoms with van der Waals surface area (Å²) >= 11 is 0. The lowest BCUT2D eigenvalue weighted by molar-refractivity contribution is 0.296. The van der Waals surface area contributed by atoms with E-state index in [1.54, 1.807) is 0 Å². The van der Waals surface area contributed by atoms with E-state index in [2.05, 4.69) is 89.2 Å². The Kier molecular flexibility index (Phi) is 8.95. The molecule has 190 valence electrons. The Balaban J connectivity index is 1.75. The molecule has 0 radical (unpaired) electrons. The number of hydrogen-bond acceptors (Lipinski definition) is 2. The van der Waals surface area contributed by atoms with E-state index >= 15 is 0 Å². The van der Waals surface area contributed by atoms with Crippen LogP contribution in [0.15, 0.2) is 96.0 Å². The lowest BCUT2D eigenvalue weighted by Gasteiger charge is -2.36. The summed E-state index contributed by atoms with van der Waals surface area (Å²) in [5.74, 6) is 1.04. The van der Waals surface area contributed by atoms with Gasteiger partial charge in [0.1, 0.15) is 12.4 Å². The maximum atomic E-state index is 6.60. The normalized spacial score (nSPS) is 12.0. The lowest BCUT2D eigenvalue weighted by atomic mass is 9.89. The minimum Gasteiger partial charge on any atom is -0.488 e. The topological polar surface area (TPSA) is 21.6 Å². The van der Waals surface area contributed by atoms with Gasteiger partial charge in [0.2, 0.25) is 0 Å². The third-order valence-corrected chi connectivity index (χ3v) is 9.53. The van der Waals surface area contributed by atoms with Crippen molar-refractivity contribution in [3.05, 3.63) is 124 Å². The highest BCUT2D eigenvalue weighted by molar-refractivity contribution is 7.49. The summed E-state index contributed by atoms with van der Waals surface area (Å²) in [4.78, 5) is 4.80. The zero-order chi connectivity index (χ0) is 26.3. The molecule has 1 unspecified atom stereocenters. The van der Waals surface area contributed by atoms with Crippen molar-refractivity contribution < 1.29 is 4.74 Å². The molecule has 4 aromatic carbocycles. The third-order valence-electron chi connectivity index (χ3n) is 7.15. The van der Waals surface area contributed by atoms with Crippen molar-refractivity contribution >= 4 is 25.8 Å². The fraction of sp³-hybridized carbons (Fsp3) is 0.265. The molecule has 0 bridgehead atoms. The molecule has 4 aromatic rings. The molecule has 2 nitrogen and oxygen atoms in total. The smallest absolute Gasteiger partial charge is 0.126 e. The summed E-state index contributed by atoms with van der Waals surface area (Å²) in [5.41, 5.74) is 8.50. The number of rotatable bonds is 10. The average Bonchev–Trinajstić information content (AvgIpc) is 2.92. The van der Waals surface area contributed by atoms with Crippen LogP contribution in [-0.2, 0) is 11.8 Å². The van der Waals surface area contributed by atoms with Crippen LogP contribution in [0.25, 0.3) is 0 Å². The molecule has 0 aliphatic carbocycles. The highest BCUT2D eigenvalue weighted by Crippen LogP contribution is 2.51. The Bertz CT molecular complexity index is 1340. The molecule has 3 heteroatoms. The summed E-state index contributed by atoms with van der Waals surface area (Å²) in [6, 6.07) is 31.8. The molecule has 37 heavy (non-hydrogen) atoms. The van der Waals surface area contributed by atoms with Crippen LogP contribution in [0.4, 0.5) is 5.69 Å². The van der Waals surface area contributed by atoms with Crippen LogP contribution in [-0.4, -0.2) is 6.21 Å². The largest absolute Gasteiger partial charge is 0.488 e. The summed E-state index contributed by atoms with van der Waals surface area (Å²) in [6.45, 7) is 11.8. The maximum Gasteiger partial charge on any atom is 0.126 e. The molecule has 0 fully saturated rings. The minimum absolute atomic E-state index is 0.0236. The summed E-state index contributed by atoms with van der Waals surface area (Å²) < 4.78 is 6.60. The number of para-hydroxylation sites is 1. The maximum absolute atomic E-state index is 6.60. The zero-order valence-corrected chi connectivity index (χ0v) is 23.7. The first-order valence-electron chi connectivity index (χ1n) is 13.2. The molecule has 0 amide bonds. The van der Waals surface area contributed by atoms with E-state index in [1.807, 2.05) is 42.6 Å². The SMILES string of the molecule is CCC(CC)(Pc1c(C)cccc1C=Nc1ccccc1)c1cc(C)cc(C)c1OCc1ccccc1. The van der Waals surface area contributed by atoms with Gasteiger partial charge in [-0.3, -0.25) is 4.99 Å². The van der Waals surface area contributed by atoms with Crippen molar-refractivity contribution in [3.63, 3.8) is 0 Å². The Hall–Kier alpha value is -3.22. The predicted octanol–water partition coefficient (Wildman–Crippen LogP) is 8.96. The molecule has 1 atom stereocenters. The van der Waals surface area contributed by atoms with Crippen molar-refractivity contribution in [1.82, 2.24) is 0 Å². The van der Waals surface area contributed by atoms with Crippen molar-refractivity contribution in [2.24, 2.45) is 4.99 Å². The van der Waals surface area contributed by atoms with Crippen LogP contribution >= 0.6 is 8.58 Å². The van der Waals surface area contributed by atoms with Gasteiger partial charge in [-0.1, -0.05) is 107 Å². The monoisotopic (exact) mass is 507 g/mol. The van der Waals surface area contributed by atoms with Crippen LogP contribution in [0.2, 0.25) is 0 Å². The first-order chi connectivity index (χ1) is 18.0. The van der Waals surface area contributed by atoms with Crippen molar-refractivity contribution in [1.29, 1.82) is 0 Å². The molecule has 4 rings (SSSR count). The lowest BCUT2D eigenvalue weighted by Crippen LogP contribution is -2.25. The van der Waals surface area contributed by atoms with E-state index in [1.165, 1.54) is 38.7 Å². The summed E-state index contributed by atoms with van der Waals surface area (Å²) in [7, 11) is 0.597. The van der Waals surface area contributed by atoms with Gasteiger partial charge in [-0.15, -0.1) is 0 Å². The van der Waals surface area contributed by atoms with Crippen LogP contribution < -0.4 is 10.0 Å². The van der Waals surface area contributed by atoms with Gasteiger partial charge in [0.15, 0.2) is 0 Å². The second kappa shape index (κ2) is 12.3. The number of aryl methyl sites for hydroxylation is 3. The Labute approximate surface area is 224 Å². The van der Waals surface area contributed by atoms with E-state index in [9.17, 15) is 0 Å². The van der Waals surface area contributed by atoms with Crippen molar-refractivity contribution in [3.8, 4) is 5.75 Å². The summed E-state index contributed by atoms with van der Waals surface area (Å²) in [6.07, 6.45) is 4.11. The molecular formula is C34H38NOP. The fourth-order valence-corrected chi connectivity index (χ4v) is 6.70. The third kappa shape index (κ3) is 6.38. The highest BCUT2D eigenvalue weighted by Gasteiger charge is 2.34. The fourth-order valence-electron chi connectivity index (χ4n) is 4.97. The van der Waals surface area contributed by atoms with Crippen LogP contribution in [0.1, 0.15) is 60.1 Å². The first-order valence-corrected chi connectivity index (χ1v) is 14.2. The predicted molar refractivity (Wildman–Crippen MR) is 162 cm³/mol. The average molecular weight is 508 g/mol. The number of ether oxygens (including phenoxy) is 1. The van der Waals surface area contributed by atoms with Gasteiger partial charge in [-0.25, -0.2) is 0 Å². The second-order valence-electron chi connectivity index (χ2n) is 9.78. The molecule has 0 N–H and O–H groups in total. The van der Waals surface area contributed by atoms with E-state index in [0.29, 0.717) is 15.2 Å². The van der Waals surface area contributed by atoms with Gasteiger partial charge in [0.05, 0.1) is 5.69 Å². The molecule has 0 saturated carbocycles. The highest BCUT2D eigenvalue weighted by atomic mass is 31.1. The molecule has 0 aliphatic rings. The van der Waals surface area contributed by atoms with Crippen LogP contribution in [0, 0.1) is 20.8 Å². The van der Waals surface area contributed by atoms with Gasteiger partial charge in [0.25, 0.3) is 0 Å². The number of hydrogen-bond donors (Lipinski definition) is 0. The molecule has 0 heterocycles. The van der Waals surface area contributed by atoms with E-state index in [-0.39, 0.29) is 5.16 Å². The molecule has 0 aliphatic heterocycles. The Morgan fingerprint density at radius 2 is 1.46 bits per heavy atom. The quantitative estimate of drug-likeness (QED) is 0.155. The molecule has 0 saturated heterocycles. The van der Waals surface area contributed by atoms with E-state index in [4.69, 9.17) is 9.73 Å². The van der Waals surface area contributed by atoms with E-state index in [0.717, 1.165) is 24.3 Å². The van der Waals surface area contributed by atoms with Crippen LogP contribution in [0.5, 0.6) is 5.75 Å². The first kappa shape index (κ1) is 26.8. The number of benzene rings is 4. The minimum atomic E-state index is -0.0236. The Morgan fingerprint density at radius 1 is 0.784 bits per heavy atom. The Morgan fingerprint density at radius 3 is 2.14 bits per heavy atom. The van der Waals surface area contributed by atoms with Gasteiger partial charge >= 0.3 is 0 Å². The molecule has 0 spiro atoms. The van der Waals surface area contributed by atoms with Gasteiger partial charge in [-0.05, 0) is 67.7 Å². The van der Waals surface area contributed by atoms with Crippen LogP contribution in [0.3, 0.4) is 0 Å². The second-order valence-corrected chi connectivity index (χ2v) is 11.5. The number of aliphatic imine (C=N–C) groups is 1. The number of nitrogens with zero attached hydrogens (tertiary/aromatic N) is 1. The van der Waals surface area contributed by atoms with Gasteiger partial charge < -0.3 is 4.74 Å². The van der Waals surface area contributed by atoms with Gasteiger partial charge in [-0.2, -0.15) is 0 Å².